The van der Waals surface area contributed by atoms with Crippen LogP contribution >= 0.6 is 0 Å². The molecular formula is C17H22N2O. The lowest BCUT2D eigenvalue weighted by molar-refractivity contribution is 0.281. The van der Waals surface area contributed by atoms with Crippen LogP contribution in [-0.4, -0.2) is 11.7 Å². The summed E-state index contributed by atoms with van der Waals surface area (Å²) in [5, 5.41) is 12.5. The van der Waals surface area contributed by atoms with E-state index >= 15 is 0 Å². The van der Waals surface area contributed by atoms with Crippen molar-refractivity contribution in [3.63, 3.8) is 0 Å². The van der Waals surface area contributed by atoms with Crippen LogP contribution in [0.4, 0.5) is 0 Å². The Hall–Kier alpha value is -1.68. The molecule has 0 fully saturated rings. The molecule has 0 saturated carbocycles. The molecule has 2 rings (SSSR count). The largest absolute Gasteiger partial charge is 0.392 e. The highest BCUT2D eigenvalue weighted by molar-refractivity contribution is 5.24. The highest BCUT2D eigenvalue weighted by Gasteiger charge is 1.97. The maximum absolute atomic E-state index is 9.11. The van der Waals surface area contributed by atoms with Crippen LogP contribution in [0.2, 0.25) is 0 Å². The van der Waals surface area contributed by atoms with E-state index in [1.165, 1.54) is 16.7 Å². The monoisotopic (exact) mass is 270 g/mol. The van der Waals surface area contributed by atoms with Crippen LogP contribution in [0.1, 0.15) is 22.3 Å². The third-order valence-electron chi connectivity index (χ3n) is 3.29. The lowest BCUT2D eigenvalue weighted by atomic mass is 10.1. The molecule has 0 radical (unpaired) electrons. The van der Waals surface area contributed by atoms with Crippen LogP contribution in [0.5, 0.6) is 0 Å². The van der Waals surface area contributed by atoms with Crippen LogP contribution in [0.25, 0.3) is 0 Å². The van der Waals surface area contributed by atoms with Gasteiger partial charge in [0.2, 0.25) is 0 Å². The summed E-state index contributed by atoms with van der Waals surface area (Å²) in [6.07, 6.45) is 0.932. The van der Waals surface area contributed by atoms with Crippen molar-refractivity contribution in [3.8, 4) is 0 Å². The molecule has 0 saturated heterocycles. The molecule has 0 aliphatic rings. The van der Waals surface area contributed by atoms with Gasteiger partial charge in [0.25, 0.3) is 0 Å². The molecule has 2 aromatic carbocycles. The van der Waals surface area contributed by atoms with E-state index < -0.39 is 0 Å². The molecule has 0 spiro atoms. The van der Waals surface area contributed by atoms with Crippen molar-refractivity contribution in [3.05, 3.63) is 70.8 Å². The van der Waals surface area contributed by atoms with E-state index in [2.05, 4.69) is 35.6 Å². The number of nitrogens with one attached hydrogen (secondary N) is 1. The SMILES string of the molecule is NCCc1ccc(CNCc2cccc(CO)c2)cc1. The molecule has 0 atom stereocenters. The number of hydrogen-bond donors (Lipinski definition) is 3. The first kappa shape index (κ1) is 14.7. The second kappa shape index (κ2) is 7.80. The Morgan fingerprint density at radius 3 is 2.20 bits per heavy atom. The van der Waals surface area contributed by atoms with Crippen LogP contribution in [-0.2, 0) is 26.1 Å². The van der Waals surface area contributed by atoms with Gasteiger partial charge in [0.1, 0.15) is 0 Å². The second-order valence-electron chi connectivity index (χ2n) is 4.94. The van der Waals surface area contributed by atoms with Gasteiger partial charge in [-0.2, -0.15) is 0 Å². The van der Waals surface area contributed by atoms with Crippen molar-refractivity contribution in [1.82, 2.24) is 5.32 Å². The third-order valence-corrected chi connectivity index (χ3v) is 3.29. The molecule has 0 aliphatic carbocycles. The fourth-order valence-corrected chi connectivity index (χ4v) is 2.18. The zero-order chi connectivity index (χ0) is 14.2. The van der Waals surface area contributed by atoms with Crippen LogP contribution in [0, 0.1) is 0 Å². The number of nitrogens with two attached hydrogens (primary N) is 1. The molecule has 106 valence electrons. The predicted octanol–water partition coefficient (Wildman–Crippen LogP) is 1.97. The summed E-state index contributed by atoms with van der Waals surface area (Å²) < 4.78 is 0. The standard InChI is InChI=1S/C17H22N2O/c18-9-8-14-4-6-15(7-5-14)11-19-12-16-2-1-3-17(10-16)13-20/h1-7,10,19-20H,8-9,11-13,18H2. The van der Waals surface area contributed by atoms with E-state index in [0.29, 0.717) is 6.54 Å². The fraction of sp³-hybridized carbons (Fsp3) is 0.294. The van der Waals surface area contributed by atoms with E-state index in [1.54, 1.807) is 0 Å². The topological polar surface area (TPSA) is 58.3 Å². The summed E-state index contributed by atoms with van der Waals surface area (Å²) in [6.45, 7) is 2.43. The highest BCUT2D eigenvalue weighted by atomic mass is 16.3. The molecule has 0 aliphatic heterocycles. The average molecular weight is 270 g/mol. The average Bonchev–Trinajstić information content (AvgIpc) is 2.50. The number of rotatable bonds is 7. The molecule has 0 amide bonds. The third kappa shape index (κ3) is 4.46. The zero-order valence-electron chi connectivity index (χ0n) is 11.7. The minimum absolute atomic E-state index is 0.0937. The first-order valence-electron chi connectivity index (χ1n) is 6.99. The van der Waals surface area contributed by atoms with Crippen molar-refractivity contribution < 1.29 is 5.11 Å². The molecular weight excluding hydrogens is 248 g/mol. The minimum Gasteiger partial charge on any atom is -0.392 e. The maximum Gasteiger partial charge on any atom is 0.0681 e. The Labute approximate surface area is 120 Å². The molecule has 20 heavy (non-hydrogen) atoms. The van der Waals surface area contributed by atoms with Gasteiger partial charge in [-0.3, -0.25) is 0 Å². The number of benzene rings is 2. The Morgan fingerprint density at radius 2 is 1.50 bits per heavy atom. The molecule has 3 heteroatoms. The van der Waals surface area contributed by atoms with Crippen LogP contribution in [0.15, 0.2) is 48.5 Å². The summed E-state index contributed by atoms with van der Waals surface area (Å²) in [5.74, 6) is 0. The van der Waals surface area contributed by atoms with Crippen LogP contribution < -0.4 is 11.1 Å². The molecule has 3 nitrogen and oxygen atoms in total. The second-order valence-corrected chi connectivity index (χ2v) is 4.94. The first-order valence-corrected chi connectivity index (χ1v) is 6.99. The Morgan fingerprint density at radius 1 is 0.850 bits per heavy atom. The van der Waals surface area contributed by atoms with E-state index in [0.717, 1.165) is 25.1 Å². The molecule has 0 unspecified atom stereocenters. The minimum atomic E-state index is 0.0937. The highest BCUT2D eigenvalue weighted by Crippen LogP contribution is 2.07. The van der Waals surface area contributed by atoms with Gasteiger partial charge in [0.15, 0.2) is 0 Å². The van der Waals surface area contributed by atoms with Gasteiger partial charge in [-0.1, -0.05) is 48.5 Å². The van der Waals surface area contributed by atoms with E-state index in [1.807, 2.05) is 18.2 Å². The van der Waals surface area contributed by atoms with Crippen molar-refractivity contribution in [2.75, 3.05) is 6.54 Å². The van der Waals surface area contributed by atoms with Gasteiger partial charge in [-0.15, -0.1) is 0 Å². The number of aliphatic hydroxyl groups is 1. The summed E-state index contributed by atoms with van der Waals surface area (Å²) in [7, 11) is 0. The van der Waals surface area contributed by atoms with Gasteiger partial charge < -0.3 is 16.2 Å². The Bertz CT molecular complexity index is 523. The maximum atomic E-state index is 9.11. The van der Waals surface area contributed by atoms with Crippen molar-refractivity contribution in [2.24, 2.45) is 5.73 Å². The number of aliphatic hydroxyl groups excluding tert-OH is 1. The summed E-state index contributed by atoms with van der Waals surface area (Å²) in [4.78, 5) is 0. The van der Waals surface area contributed by atoms with E-state index in [4.69, 9.17) is 10.8 Å². The molecule has 0 heterocycles. The quantitative estimate of drug-likeness (QED) is 0.721. The Kier molecular flexibility index (Phi) is 5.74. The normalized spacial score (nSPS) is 10.7. The summed E-state index contributed by atoms with van der Waals surface area (Å²) >= 11 is 0. The lowest BCUT2D eigenvalue weighted by Crippen LogP contribution is -2.13. The zero-order valence-corrected chi connectivity index (χ0v) is 11.7. The predicted molar refractivity (Wildman–Crippen MR) is 82.1 cm³/mol. The Balaban J connectivity index is 1.82. The van der Waals surface area contributed by atoms with Crippen molar-refractivity contribution >= 4 is 0 Å². The molecule has 0 aromatic heterocycles. The number of hydrogen-bond acceptors (Lipinski definition) is 3. The van der Waals surface area contributed by atoms with E-state index in [-0.39, 0.29) is 6.61 Å². The van der Waals surface area contributed by atoms with Gasteiger partial charge in [0, 0.05) is 13.1 Å². The first-order chi connectivity index (χ1) is 9.81. The van der Waals surface area contributed by atoms with Crippen LogP contribution in [0.3, 0.4) is 0 Å². The van der Waals surface area contributed by atoms with E-state index in [9.17, 15) is 0 Å². The smallest absolute Gasteiger partial charge is 0.0681 e. The van der Waals surface area contributed by atoms with Gasteiger partial charge in [-0.25, -0.2) is 0 Å². The summed E-state index contributed by atoms with van der Waals surface area (Å²) in [6, 6.07) is 16.6. The fourth-order valence-electron chi connectivity index (χ4n) is 2.18. The molecule has 0 bridgehead atoms. The molecule has 2 aromatic rings. The van der Waals surface area contributed by atoms with Gasteiger partial charge in [-0.05, 0) is 35.2 Å². The van der Waals surface area contributed by atoms with Crippen molar-refractivity contribution in [1.29, 1.82) is 0 Å². The van der Waals surface area contributed by atoms with Gasteiger partial charge >= 0.3 is 0 Å². The molecule has 4 N–H and O–H groups in total. The summed E-state index contributed by atoms with van der Waals surface area (Å²) in [5.41, 5.74) is 10.2. The van der Waals surface area contributed by atoms with Crippen molar-refractivity contribution in [2.45, 2.75) is 26.1 Å². The lowest BCUT2D eigenvalue weighted by Gasteiger charge is -2.07. The van der Waals surface area contributed by atoms with Gasteiger partial charge in [0.05, 0.1) is 6.61 Å².